The number of thiocarbonyl (C=S) groups is 1. The first kappa shape index (κ1) is 17.7. The Morgan fingerprint density at radius 2 is 2.04 bits per heavy atom. The summed E-state index contributed by atoms with van der Waals surface area (Å²) < 4.78 is 39.3. The summed E-state index contributed by atoms with van der Waals surface area (Å²) in [7, 11) is 1.61. The van der Waals surface area contributed by atoms with Gasteiger partial charge in [0.05, 0.1) is 22.9 Å². The summed E-state index contributed by atoms with van der Waals surface area (Å²) in [5.74, 6) is -0.431. The number of rotatable bonds is 2. The molecule has 1 aromatic rings. The van der Waals surface area contributed by atoms with E-state index in [9.17, 15) is 18.0 Å². The molecule has 4 nitrogen and oxygen atoms in total. The van der Waals surface area contributed by atoms with E-state index < -0.39 is 28.7 Å². The van der Waals surface area contributed by atoms with E-state index in [1.165, 1.54) is 17.0 Å². The summed E-state index contributed by atoms with van der Waals surface area (Å²) in [5, 5.41) is 9.21. The van der Waals surface area contributed by atoms with E-state index in [4.69, 9.17) is 17.5 Å². The van der Waals surface area contributed by atoms with E-state index in [1.807, 2.05) is 0 Å². The number of alkyl halides is 4. The van der Waals surface area contributed by atoms with Crippen molar-refractivity contribution >= 4 is 44.9 Å². The number of hydrogen-bond donors (Lipinski definition) is 0. The number of nitrogens with zero attached hydrogens (tertiary/aromatic N) is 3. The Morgan fingerprint density at radius 1 is 1.43 bits per heavy atom. The highest BCUT2D eigenvalue weighted by molar-refractivity contribution is 9.09. The van der Waals surface area contributed by atoms with E-state index in [-0.39, 0.29) is 16.1 Å². The molecule has 1 saturated heterocycles. The van der Waals surface area contributed by atoms with Crippen molar-refractivity contribution in [3.63, 3.8) is 0 Å². The lowest BCUT2D eigenvalue weighted by molar-refractivity contribution is -0.137. The van der Waals surface area contributed by atoms with Crippen LogP contribution in [0.4, 0.5) is 18.9 Å². The predicted molar refractivity (Wildman–Crippen MR) is 86.2 cm³/mol. The zero-order valence-corrected chi connectivity index (χ0v) is 14.5. The van der Waals surface area contributed by atoms with Crippen molar-refractivity contribution in [1.29, 1.82) is 5.26 Å². The van der Waals surface area contributed by atoms with Gasteiger partial charge in [0.2, 0.25) is 0 Å². The lowest BCUT2D eigenvalue weighted by atomic mass is 10.0. The van der Waals surface area contributed by atoms with Crippen LogP contribution in [0.15, 0.2) is 18.2 Å². The molecule has 122 valence electrons. The molecule has 0 aromatic heterocycles. The second-order valence-electron chi connectivity index (χ2n) is 5.23. The molecule has 23 heavy (non-hydrogen) atoms. The molecule has 1 amide bonds. The van der Waals surface area contributed by atoms with Crippen LogP contribution in [0.3, 0.4) is 0 Å². The van der Waals surface area contributed by atoms with Crippen LogP contribution < -0.4 is 4.90 Å². The number of nitriles is 1. The first-order chi connectivity index (χ1) is 10.6. The molecule has 0 N–H and O–H groups in total. The molecule has 1 atom stereocenters. The third-order valence-electron chi connectivity index (χ3n) is 3.83. The topological polar surface area (TPSA) is 47.3 Å². The van der Waals surface area contributed by atoms with Gasteiger partial charge in [-0.15, -0.1) is 0 Å². The molecule has 0 bridgehead atoms. The predicted octanol–water partition coefficient (Wildman–Crippen LogP) is 3.29. The van der Waals surface area contributed by atoms with Gasteiger partial charge in [0, 0.05) is 12.4 Å². The number of anilines is 1. The smallest absolute Gasteiger partial charge is 0.336 e. The molecule has 1 fully saturated rings. The molecule has 1 aromatic carbocycles. The number of likely N-dealkylation sites (N-methyl/N-ethyl adjacent to an activating group) is 1. The van der Waals surface area contributed by atoms with Crippen molar-refractivity contribution in [3.8, 4) is 6.07 Å². The average molecular weight is 406 g/mol. The van der Waals surface area contributed by atoms with Crippen LogP contribution in [0.1, 0.15) is 18.1 Å². The van der Waals surface area contributed by atoms with Crippen molar-refractivity contribution in [3.05, 3.63) is 29.3 Å². The number of carbonyl (C=O) groups excluding carboxylic acids is 1. The Morgan fingerprint density at radius 3 is 2.48 bits per heavy atom. The Balaban J connectivity index is 2.58. The van der Waals surface area contributed by atoms with Gasteiger partial charge in [-0.25, -0.2) is 0 Å². The number of halogens is 4. The summed E-state index contributed by atoms with van der Waals surface area (Å²) in [5.41, 5.74) is -2.59. The molecule has 0 saturated carbocycles. The first-order valence-electron chi connectivity index (χ1n) is 6.37. The van der Waals surface area contributed by atoms with Crippen LogP contribution in [-0.4, -0.2) is 33.8 Å². The standard InChI is InChI=1S/C14H11BrF3N3OS/c1-13(7-15)11(22)21(12(23)20(13)2)9-4-3-8(6-19)10(5-9)14(16,17)18/h3-5H,7H2,1-2H3/t13-/m1/s1. The summed E-state index contributed by atoms with van der Waals surface area (Å²) in [6, 6.07) is 4.60. The van der Waals surface area contributed by atoms with Gasteiger partial charge in [0.15, 0.2) is 5.11 Å². The average Bonchev–Trinajstić information content (AvgIpc) is 2.67. The van der Waals surface area contributed by atoms with Gasteiger partial charge < -0.3 is 4.90 Å². The van der Waals surface area contributed by atoms with Crippen LogP contribution in [0, 0.1) is 11.3 Å². The zero-order chi connectivity index (χ0) is 17.6. The van der Waals surface area contributed by atoms with Gasteiger partial charge in [-0.2, -0.15) is 18.4 Å². The Hall–Kier alpha value is -1.66. The molecule has 1 heterocycles. The molecular formula is C14H11BrF3N3OS. The minimum Gasteiger partial charge on any atom is -0.336 e. The van der Waals surface area contributed by atoms with E-state index in [0.29, 0.717) is 0 Å². The monoisotopic (exact) mass is 405 g/mol. The maximum absolute atomic E-state index is 13.1. The molecule has 1 aliphatic heterocycles. The third kappa shape index (κ3) is 2.70. The SMILES string of the molecule is CN1C(=S)N(c2ccc(C#N)c(C(F)(F)F)c2)C(=O)[C@@]1(C)CBr. The Kier molecular flexibility index (Phi) is 4.43. The summed E-state index contributed by atoms with van der Waals surface area (Å²) in [4.78, 5) is 15.2. The molecular weight excluding hydrogens is 395 g/mol. The highest BCUT2D eigenvalue weighted by Crippen LogP contribution is 2.37. The highest BCUT2D eigenvalue weighted by atomic mass is 79.9. The van der Waals surface area contributed by atoms with Crippen LogP contribution in [0.25, 0.3) is 0 Å². The van der Waals surface area contributed by atoms with E-state index in [0.717, 1.165) is 17.0 Å². The molecule has 9 heteroatoms. The van der Waals surface area contributed by atoms with E-state index >= 15 is 0 Å². The fourth-order valence-electron chi connectivity index (χ4n) is 2.21. The maximum Gasteiger partial charge on any atom is 0.417 e. The summed E-state index contributed by atoms with van der Waals surface area (Å²) >= 11 is 8.44. The number of benzene rings is 1. The fourth-order valence-corrected chi connectivity index (χ4v) is 3.22. The minimum atomic E-state index is -4.70. The summed E-state index contributed by atoms with van der Waals surface area (Å²) in [6.07, 6.45) is -4.70. The van der Waals surface area contributed by atoms with Gasteiger partial charge in [-0.1, -0.05) is 15.9 Å². The number of amides is 1. The van der Waals surface area contributed by atoms with Crippen LogP contribution in [0.2, 0.25) is 0 Å². The first-order valence-corrected chi connectivity index (χ1v) is 7.90. The molecule has 0 aliphatic carbocycles. The summed E-state index contributed by atoms with van der Waals surface area (Å²) in [6.45, 7) is 1.64. The molecule has 2 rings (SSSR count). The quantitative estimate of drug-likeness (QED) is 0.559. The van der Waals surface area contributed by atoms with Gasteiger partial charge in [0.1, 0.15) is 5.54 Å². The normalized spacial score (nSPS) is 21.8. The van der Waals surface area contributed by atoms with Crippen LogP contribution in [0.5, 0.6) is 0 Å². The van der Waals surface area contributed by atoms with E-state index in [1.54, 1.807) is 14.0 Å². The lowest BCUT2D eigenvalue weighted by Gasteiger charge is -2.26. The number of hydrogen-bond acceptors (Lipinski definition) is 3. The van der Waals surface area contributed by atoms with Crippen molar-refractivity contribution in [2.24, 2.45) is 0 Å². The largest absolute Gasteiger partial charge is 0.417 e. The van der Waals surface area contributed by atoms with Gasteiger partial charge in [-0.3, -0.25) is 9.69 Å². The zero-order valence-electron chi connectivity index (χ0n) is 12.1. The molecule has 1 aliphatic rings. The van der Waals surface area contributed by atoms with Gasteiger partial charge >= 0.3 is 6.18 Å². The molecule has 0 unspecified atom stereocenters. The Labute approximate surface area is 144 Å². The Bertz CT molecular complexity index is 731. The third-order valence-corrected chi connectivity index (χ3v) is 5.38. The van der Waals surface area contributed by atoms with Crippen LogP contribution >= 0.6 is 28.1 Å². The van der Waals surface area contributed by atoms with Crippen molar-refractivity contribution in [2.45, 2.75) is 18.6 Å². The fraction of sp³-hybridized carbons (Fsp3) is 0.357. The van der Waals surface area contributed by atoms with E-state index in [2.05, 4.69) is 15.9 Å². The van der Waals surface area contributed by atoms with Crippen molar-refractivity contribution in [2.75, 3.05) is 17.3 Å². The molecule has 0 radical (unpaired) electrons. The van der Waals surface area contributed by atoms with Gasteiger partial charge in [-0.05, 0) is 37.3 Å². The second-order valence-corrected chi connectivity index (χ2v) is 6.15. The highest BCUT2D eigenvalue weighted by Gasteiger charge is 2.50. The maximum atomic E-state index is 13.1. The second kappa shape index (κ2) is 5.76. The number of carbonyl (C=O) groups is 1. The molecule has 0 spiro atoms. The van der Waals surface area contributed by atoms with Gasteiger partial charge in [0.25, 0.3) is 5.91 Å². The van der Waals surface area contributed by atoms with Crippen molar-refractivity contribution < 1.29 is 18.0 Å². The minimum absolute atomic E-state index is 0.0112. The van der Waals surface area contributed by atoms with Crippen LogP contribution in [-0.2, 0) is 11.0 Å². The lowest BCUT2D eigenvalue weighted by Crippen LogP contribution is -2.46. The van der Waals surface area contributed by atoms with Crippen molar-refractivity contribution in [1.82, 2.24) is 4.90 Å².